The predicted octanol–water partition coefficient (Wildman–Crippen LogP) is 3.92. The third-order valence-corrected chi connectivity index (χ3v) is 5.03. The van der Waals surface area contributed by atoms with Gasteiger partial charge in [0, 0.05) is 35.3 Å². The van der Waals surface area contributed by atoms with Gasteiger partial charge in [0.05, 0.1) is 6.54 Å². The summed E-state index contributed by atoms with van der Waals surface area (Å²) >= 11 is 1.79. The molecule has 0 saturated heterocycles. The van der Waals surface area contributed by atoms with Crippen LogP contribution in [0.5, 0.6) is 0 Å². The summed E-state index contributed by atoms with van der Waals surface area (Å²) < 4.78 is 5.38. The molecule has 142 valence electrons. The summed E-state index contributed by atoms with van der Waals surface area (Å²) in [5.41, 5.74) is 2.05. The Balaban J connectivity index is 1.58. The van der Waals surface area contributed by atoms with Crippen LogP contribution in [0.1, 0.15) is 34.5 Å². The third-order valence-electron chi connectivity index (χ3n) is 4.03. The zero-order valence-electron chi connectivity index (χ0n) is 16.0. The van der Waals surface area contributed by atoms with Crippen molar-refractivity contribution in [2.24, 2.45) is 4.99 Å². The summed E-state index contributed by atoms with van der Waals surface area (Å²) in [6.45, 7) is 5.64. The van der Waals surface area contributed by atoms with Gasteiger partial charge in [0.15, 0.2) is 11.8 Å². The highest BCUT2D eigenvalue weighted by Crippen LogP contribution is 2.19. The van der Waals surface area contributed by atoms with Crippen LogP contribution in [0.2, 0.25) is 0 Å². The molecule has 0 aliphatic heterocycles. The second-order valence-electron chi connectivity index (χ2n) is 6.26. The van der Waals surface area contributed by atoms with E-state index in [0.29, 0.717) is 12.4 Å². The number of aryl methyl sites for hydroxylation is 2. The lowest BCUT2D eigenvalue weighted by molar-refractivity contribution is 0.422. The number of nitrogens with one attached hydrogen (secondary N) is 2. The van der Waals surface area contributed by atoms with Gasteiger partial charge in [-0.3, -0.25) is 4.99 Å². The minimum Gasteiger partial charge on any atom is -0.352 e. The van der Waals surface area contributed by atoms with E-state index in [1.165, 1.54) is 9.75 Å². The minimum absolute atomic E-state index is 0.566. The van der Waals surface area contributed by atoms with Gasteiger partial charge in [-0.15, -0.1) is 11.3 Å². The summed E-state index contributed by atoms with van der Waals surface area (Å²) in [7, 11) is 1.78. The fourth-order valence-electron chi connectivity index (χ4n) is 2.67. The van der Waals surface area contributed by atoms with E-state index in [4.69, 9.17) is 4.52 Å². The van der Waals surface area contributed by atoms with Crippen molar-refractivity contribution in [3.63, 3.8) is 0 Å². The Morgan fingerprint density at radius 3 is 2.78 bits per heavy atom. The molecule has 0 radical (unpaired) electrons. The molecule has 27 heavy (non-hydrogen) atoms. The molecule has 0 aliphatic carbocycles. The molecule has 3 rings (SSSR count). The van der Waals surface area contributed by atoms with Crippen LogP contribution in [0, 0.1) is 6.92 Å². The number of rotatable bonds is 7. The molecular formula is C20H25N5OS. The molecule has 3 aromatic rings. The smallest absolute Gasteiger partial charge is 0.257 e. The topological polar surface area (TPSA) is 75.3 Å². The first-order valence-corrected chi connectivity index (χ1v) is 9.91. The van der Waals surface area contributed by atoms with Crippen molar-refractivity contribution in [3.8, 4) is 11.5 Å². The summed E-state index contributed by atoms with van der Waals surface area (Å²) in [5, 5.41) is 10.7. The van der Waals surface area contributed by atoms with Gasteiger partial charge in [0.2, 0.25) is 0 Å². The van der Waals surface area contributed by atoms with E-state index in [9.17, 15) is 0 Å². The van der Waals surface area contributed by atoms with Crippen molar-refractivity contribution in [2.75, 3.05) is 7.05 Å². The molecule has 2 N–H and O–H groups in total. The Labute approximate surface area is 163 Å². The van der Waals surface area contributed by atoms with E-state index in [1.807, 2.05) is 12.1 Å². The lowest BCUT2D eigenvalue weighted by Crippen LogP contribution is -2.36. The Hall–Kier alpha value is -2.67. The maximum Gasteiger partial charge on any atom is 0.257 e. The first-order valence-electron chi connectivity index (χ1n) is 9.09. The highest BCUT2D eigenvalue weighted by atomic mass is 32.1. The average molecular weight is 384 g/mol. The normalized spacial score (nSPS) is 11.6. The van der Waals surface area contributed by atoms with E-state index < -0.39 is 0 Å². The number of aliphatic imine (C=N–C) groups is 1. The van der Waals surface area contributed by atoms with Gasteiger partial charge in [-0.2, -0.15) is 4.98 Å². The molecule has 0 spiro atoms. The zero-order valence-corrected chi connectivity index (χ0v) is 16.8. The Morgan fingerprint density at radius 2 is 2.04 bits per heavy atom. The van der Waals surface area contributed by atoms with Crippen molar-refractivity contribution in [3.05, 3.63) is 57.5 Å². The second kappa shape index (κ2) is 9.32. The largest absolute Gasteiger partial charge is 0.352 e. The summed E-state index contributed by atoms with van der Waals surface area (Å²) in [6.07, 6.45) is 1.83. The molecular weight excluding hydrogens is 358 g/mol. The fraction of sp³-hybridized carbons (Fsp3) is 0.350. The molecule has 1 aromatic carbocycles. The molecule has 6 nitrogen and oxygen atoms in total. The van der Waals surface area contributed by atoms with Gasteiger partial charge < -0.3 is 15.2 Å². The van der Waals surface area contributed by atoms with Crippen LogP contribution < -0.4 is 10.6 Å². The first kappa shape index (κ1) is 19.1. The molecule has 0 aliphatic rings. The summed E-state index contributed by atoms with van der Waals surface area (Å²) in [4.78, 5) is 11.3. The van der Waals surface area contributed by atoms with Crippen molar-refractivity contribution < 1.29 is 4.52 Å². The highest BCUT2D eigenvalue weighted by Gasteiger charge is 2.09. The van der Waals surface area contributed by atoms with Crippen LogP contribution in [0.3, 0.4) is 0 Å². The fourth-order valence-corrected chi connectivity index (χ4v) is 3.50. The monoisotopic (exact) mass is 383 g/mol. The van der Waals surface area contributed by atoms with E-state index >= 15 is 0 Å². The van der Waals surface area contributed by atoms with Gasteiger partial charge in [-0.05, 0) is 43.2 Å². The maximum atomic E-state index is 5.38. The molecule has 0 fully saturated rings. The van der Waals surface area contributed by atoms with Crippen LogP contribution in [0.15, 0.2) is 45.9 Å². The predicted molar refractivity (Wildman–Crippen MR) is 110 cm³/mol. The van der Waals surface area contributed by atoms with E-state index in [-0.39, 0.29) is 0 Å². The van der Waals surface area contributed by atoms with Gasteiger partial charge in [-0.1, -0.05) is 24.2 Å². The van der Waals surface area contributed by atoms with Crippen LogP contribution in [0.4, 0.5) is 0 Å². The number of aromatic nitrogens is 2. The van der Waals surface area contributed by atoms with Crippen LogP contribution in [0.25, 0.3) is 11.5 Å². The molecule has 2 heterocycles. The lowest BCUT2D eigenvalue weighted by Gasteiger charge is -2.11. The van der Waals surface area contributed by atoms with Crippen molar-refractivity contribution >= 4 is 17.3 Å². The Morgan fingerprint density at radius 1 is 1.19 bits per heavy atom. The number of thiophene rings is 1. The number of guanidine groups is 1. The molecule has 0 unspecified atom stereocenters. The standard InChI is InChI=1S/C20H25N5OS/c1-4-6-18-24-19(26-25-18)16-8-5-7-15(11-16)12-22-20(21-3)23-13-17-10-9-14(2)27-17/h5,7-11H,4,6,12-13H2,1-3H3,(H2,21,22,23). The third kappa shape index (κ3) is 5.40. The van der Waals surface area contributed by atoms with Crippen molar-refractivity contribution in [2.45, 2.75) is 39.8 Å². The number of hydrogen-bond acceptors (Lipinski definition) is 5. The molecule has 0 amide bonds. The van der Waals surface area contributed by atoms with Gasteiger partial charge in [-0.25, -0.2) is 0 Å². The molecule has 7 heteroatoms. The van der Waals surface area contributed by atoms with Gasteiger partial charge in [0.25, 0.3) is 5.89 Å². The zero-order chi connectivity index (χ0) is 19.1. The van der Waals surface area contributed by atoms with Crippen molar-refractivity contribution in [1.82, 2.24) is 20.8 Å². The summed E-state index contributed by atoms with van der Waals surface area (Å²) in [6, 6.07) is 12.4. The molecule has 2 aromatic heterocycles. The Kier molecular flexibility index (Phi) is 6.59. The Bertz CT molecular complexity index is 899. The lowest BCUT2D eigenvalue weighted by atomic mass is 10.1. The van der Waals surface area contributed by atoms with Crippen LogP contribution >= 0.6 is 11.3 Å². The maximum absolute atomic E-state index is 5.38. The average Bonchev–Trinajstić information content (AvgIpc) is 3.31. The number of hydrogen-bond donors (Lipinski definition) is 2. The van der Waals surface area contributed by atoms with E-state index in [1.54, 1.807) is 18.4 Å². The quantitative estimate of drug-likeness (QED) is 0.478. The van der Waals surface area contributed by atoms with Gasteiger partial charge in [0.1, 0.15) is 0 Å². The number of nitrogens with zero attached hydrogens (tertiary/aromatic N) is 3. The number of benzene rings is 1. The van der Waals surface area contributed by atoms with Crippen LogP contribution in [-0.4, -0.2) is 23.1 Å². The van der Waals surface area contributed by atoms with E-state index in [2.05, 4.69) is 63.9 Å². The summed E-state index contributed by atoms with van der Waals surface area (Å²) in [5.74, 6) is 2.09. The van der Waals surface area contributed by atoms with Crippen molar-refractivity contribution in [1.29, 1.82) is 0 Å². The second-order valence-corrected chi connectivity index (χ2v) is 7.63. The molecule has 0 atom stereocenters. The van der Waals surface area contributed by atoms with Gasteiger partial charge >= 0.3 is 0 Å². The van der Waals surface area contributed by atoms with Crippen LogP contribution in [-0.2, 0) is 19.5 Å². The minimum atomic E-state index is 0.566. The first-order chi connectivity index (χ1) is 13.2. The molecule has 0 bridgehead atoms. The highest BCUT2D eigenvalue weighted by molar-refractivity contribution is 7.11. The molecule has 0 saturated carbocycles. The van der Waals surface area contributed by atoms with E-state index in [0.717, 1.165) is 42.3 Å². The SMILES string of the molecule is CCCc1noc(-c2cccc(CNC(=NC)NCc3ccc(C)s3)c2)n1.